The van der Waals surface area contributed by atoms with Crippen molar-refractivity contribution in [3.63, 3.8) is 0 Å². The van der Waals surface area contributed by atoms with Crippen LogP contribution in [0.1, 0.15) is 46.1 Å². The van der Waals surface area contributed by atoms with Crippen molar-refractivity contribution in [2.24, 2.45) is 0 Å². The Hall–Kier alpha value is -1.10. The van der Waals surface area contributed by atoms with Gasteiger partial charge in [0, 0.05) is 6.61 Å². The molecule has 2 rings (SSSR count). The number of hydrogen-bond acceptors (Lipinski definition) is 4. The highest BCUT2D eigenvalue weighted by Crippen LogP contribution is 2.39. The maximum Gasteiger partial charge on any atom is 0.150 e. The largest absolute Gasteiger partial charge is 0.405 e. The molecule has 2 N–H and O–H groups in total. The maximum absolute atomic E-state index is 10.1. The van der Waals surface area contributed by atoms with Crippen LogP contribution in [0.25, 0.3) is 0 Å². The van der Waals surface area contributed by atoms with E-state index in [-0.39, 0.29) is 23.8 Å². The van der Waals surface area contributed by atoms with E-state index in [9.17, 15) is 10.2 Å². The fourth-order valence-electron chi connectivity index (χ4n) is 3.48. The Bertz CT molecular complexity index is 467. The van der Waals surface area contributed by atoms with Crippen LogP contribution in [-0.4, -0.2) is 39.1 Å². The third kappa shape index (κ3) is 3.57. The molecule has 1 aliphatic heterocycles. The van der Waals surface area contributed by atoms with Gasteiger partial charge in [0.1, 0.15) is 0 Å². The Balaban J connectivity index is 2.28. The van der Waals surface area contributed by atoms with Crippen molar-refractivity contribution in [1.82, 2.24) is 5.06 Å². The van der Waals surface area contributed by atoms with Crippen LogP contribution in [0.4, 0.5) is 0 Å². The third-order valence-electron chi connectivity index (χ3n) is 4.11. The van der Waals surface area contributed by atoms with E-state index in [1.807, 2.05) is 29.3 Å². The average molecular weight is 293 g/mol. The lowest BCUT2D eigenvalue weighted by molar-refractivity contribution is -0.234. The molecule has 118 valence electrons. The van der Waals surface area contributed by atoms with Crippen molar-refractivity contribution in [2.45, 2.75) is 64.1 Å². The standard InChI is InChI=1S/C17H27NO3/c1-16(2)11-14(20)12-17(3,4)18(16)21-15-8-6-5-7-13(15)9-10-19/h5-8,14,19-20H,9-12H2,1-4H3. The maximum atomic E-state index is 10.1. The van der Waals surface area contributed by atoms with Gasteiger partial charge >= 0.3 is 0 Å². The zero-order chi connectivity index (χ0) is 15.7. The van der Waals surface area contributed by atoms with Gasteiger partial charge < -0.3 is 15.1 Å². The minimum atomic E-state index is -0.303. The summed E-state index contributed by atoms with van der Waals surface area (Å²) >= 11 is 0. The number of aliphatic hydroxyl groups excluding tert-OH is 2. The van der Waals surface area contributed by atoms with E-state index in [1.54, 1.807) is 0 Å². The molecule has 1 aromatic carbocycles. The molecule has 1 fully saturated rings. The van der Waals surface area contributed by atoms with E-state index in [0.717, 1.165) is 11.3 Å². The summed E-state index contributed by atoms with van der Waals surface area (Å²) in [5.41, 5.74) is 0.485. The van der Waals surface area contributed by atoms with Crippen LogP contribution in [0.2, 0.25) is 0 Å². The summed E-state index contributed by atoms with van der Waals surface area (Å²) in [4.78, 5) is 6.23. The summed E-state index contributed by atoms with van der Waals surface area (Å²) in [6.45, 7) is 8.46. The van der Waals surface area contributed by atoms with Gasteiger partial charge in [-0.3, -0.25) is 0 Å². The van der Waals surface area contributed by atoms with Gasteiger partial charge in [0.15, 0.2) is 5.75 Å². The molecule has 4 nitrogen and oxygen atoms in total. The summed E-state index contributed by atoms with van der Waals surface area (Å²) in [6, 6.07) is 7.80. The quantitative estimate of drug-likeness (QED) is 0.895. The zero-order valence-corrected chi connectivity index (χ0v) is 13.5. The van der Waals surface area contributed by atoms with Gasteiger partial charge in [-0.05, 0) is 58.6 Å². The minimum Gasteiger partial charge on any atom is -0.405 e. The molecule has 0 radical (unpaired) electrons. The topological polar surface area (TPSA) is 52.9 Å². The lowest BCUT2D eigenvalue weighted by Gasteiger charge is -2.52. The number of piperidine rings is 1. The fourth-order valence-corrected chi connectivity index (χ4v) is 3.48. The van der Waals surface area contributed by atoms with E-state index in [1.165, 1.54) is 0 Å². The summed E-state index contributed by atoms with van der Waals surface area (Å²) < 4.78 is 0. The number of para-hydroxylation sites is 1. The zero-order valence-electron chi connectivity index (χ0n) is 13.5. The van der Waals surface area contributed by atoms with E-state index in [2.05, 4.69) is 27.7 Å². The summed E-state index contributed by atoms with van der Waals surface area (Å²) in [6.07, 6.45) is 1.63. The normalized spacial score (nSPS) is 22.2. The van der Waals surface area contributed by atoms with E-state index < -0.39 is 0 Å². The van der Waals surface area contributed by atoms with Crippen molar-refractivity contribution in [3.05, 3.63) is 29.8 Å². The Morgan fingerprint density at radius 1 is 1.14 bits per heavy atom. The van der Waals surface area contributed by atoms with Gasteiger partial charge in [0.25, 0.3) is 0 Å². The minimum absolute atomic E-state index is 0.103. The molecule has 21 heavy (non-hydrogen) atoms. The van der Waals surface area contributed by atoms with Crippen molar-refractivity contribution in [1.29, 1.82) is 0 Å². The predicted octanol–water partition coefficient (Wildman–Crippen LogP) is 2.53. The summed E-state index contributed by atoms with van der Waals surface area (Å²) in [5.74, 6) is 0.782. The van der Waals surface area contributed by atoms with Crippen LogP contribution in [0.15, 0.2) is 24.3 Å². The highest BCUT2D eigenvalue weighted by atomic mass is 16.7. The molecule has 1 aromatic rings. The third-order valence-corrected chi connectivity index (χ3v) is 4.11. The first-order valence-electron chi connectivity index (χ1n) is 7.61. The number of rotatable bonds is 4. The highest BCUT2D eigenvalue weighted by molar-refractivity contribution is 5.33. The molecule has 0 saturated carbocycles. The second-order valence-electron chi connectivity index (χ2n) is 7.15. The Morgan fingerprint density at radius 2 is 1.71 bits per heavy atom. The Labute approximate surface area is 127 Å². The lowest BCUT2D eigenvalue weighted by Crippen LogP contribution is -2.63. The van der Waals surface area contributed by atoms with Gasteiger partial charge in [0.2, 0.25) is 0 Å². The second-order valence-corrected chi connectivity index (χ2v) is 7.15. The van der Waals surface area contributed by atoms with E-state index >= 15 is 0 Å². The smallest absolute Gasteiger partial charge is 0.150 e. The monoisotopic (exact) mass is 293 g/mol. The summed E-state index contributed by atoms with van der Waals surface area (Å²) in [5, 5.41) is 21.3. The number of hydroxylamine groups is 2. The number of benzene rings is 1. The molecular formula is C17H27NO3. The van der Waals surface area contributed by atoms with Crippen molar-refractivity contribution in [2.75, 3.05) is 6.61 Å². The van der Waals surface area contributed by atoms with Crippen LogP contribution < -0.4 is 4.84 Å². The second kappa shape index (κ2) is 5.95. The SMILES string of the molecule is CC1(C)CC(O)CC(C)(C)N1Oc1ccccc1CCO. The van der Waals surface area contributed by atoms with Gasteiger partial charge in [-0.15, -0.1) is 5.06 Å². The van der Waals surface area contributed by atoms with Crippen LogP contribution in [0, 0.1) is 0 Å². The first kappa shape index (κ1) is 16.3. The summed E-state index contributed by atoms with van der Waals surface area (Å²) in [7, 11) is 0. The van der Waals surface area contributed by atoms with Gasteiger partial charge in [-0.25, -0.2) is 0 Å². The molecule has 0 spiro atoms. The Kier molecular flexibility index (Phi) is 4.61. The predicted molar refractivity (Wildman–Crippen MR) is 83.1 cm³/mol. The highest BCUT2D eigenvalue weighted by Gasteiger charge is 2.47. The van der Waals surface area contributed by atoms with Crippen LogP contribution in [0.3, 0.4) is 0 Å². The molecule has 4 heteroatoms. The molecule has 0 bridgehead atoms. The molecule has 1 aliphatic rings. The molecule has 0 aromatic heterocycles. The fraction of sp³-hybridized carbons (Fsp3) is 0.647. The van der Waals surface area contributed by atoms with E-state index in [4.69, 9.17) is 4.84 Å². The average Bonchev–Trinajstić information content (AvgIpc) is 2.34. The van der Waals surface area contributed by atoms with Crippen LogP contribution in [-0.2, 0) is 6.42 Å². The molecule has 0 unspecified atom stereocenters. The first-order valence-corrected chi connectivity index (χ1v) is 7.61. The van der Waals surface area contributed by atoms with Crippen LogP contribution in [0.5, 0.6) is 5.75 Å². The molecule has 0 atom stereocenters. The molecule has 1 heterocycles. The lowest BCUT2D eigenvalue weighted by atomic mass is 9.80. The van der Waals surface area contributed by atoms with Gasteiger partial charge in [-0.2, -0.15) is 0 Å². The number of nitrogens with zero attached hydrogens (tertiary/aromatic N) is 1. The molecular weight excluding hydrogens is 266 g/mol. The molecule has 0 aliphatic carbocycles. The van der Waals surface area contributed by atoms with Crippen molar-refractivity contribution in [3.8, 4) is 5.75 Å². The van der Waals surface area contributed by atoms with E-state index in [0.29, 0.717) is 19.3 Å². The Morgan fingerprint density at radius 3 is 2.29 bits per heavy atom. The molecule has 1 saturated heterocycles. The number of aliphatic hydroxyl groups is 2. The first-order chi connectivity index (χ1) is 9.76. The number of hydrogen-bond donors (Lipinski definition) is 2. The van der Waals surface area contributed by atoms with Gasteiger partial charge in [0.05, 0.1) is 17.2 Å². The van der Waals surface area contributed by atoms with Crippen molar-refractivity contribution >= 4 is 0 Å². The molecule has 0 amide bonds. The van der Waals surface area contributed by atoms with Crippen LogP contribution >= 0.6 is 0 Å². The van der Waals surface area contributed by atoms with Crippen molar-refractivity contribution < 1.29 is 15.1 Å². The van der Waals surface area contributed by atoms with Gasteiger partial charge in [-0.1, -0.05) is 18.2 Å².